The molecule has 2 aliphatic rings. The van der Waals surface area contributed by atoms with E-state index in [2.05, 4.69) is 10.2 Å². The number of likely N-dealkylation sites (N-methyl/N-ethyl adjacent to an activating group) is 1. The fourth-order valence-electron chi connectivity index (χ4n) is 2.31. The minimum Gasteiger partial charge on any atom is -0.379 e. The summed E-state index contributed by atoms with van der Waals surface area (Å²) in [5.74, 6) is 0. The predicted octanol–water partition coefficient (Wildman–Crippen LogP) is -1.60. The molecule has 2 heterocycles. The van der Waals surface area contributed by atoms with E-state index in [1.165, 1.54) is 8.61 Å². The first-order valence-corrected chi connectivity index (χ1v) is 8.22. The molecule has 0 aromatic carbocycles. The van der Waals surface area contributed by atoms with Gasteiger partial charge >= 0.3 is 0 Å². The molecule has 0 spiro atoms. The van der Waals surface area contributed by atoms with Gasteiger partial charge in [-0.25, -0.2) is 0 Å². The summed E-state index contributed by atoms with van der Waals surface area (Å²) in [5.41, 5.74) is 0. The average Bonchev–Trinajstić information content (AvgIpc) is 2.46. The maximum absolute atomic E-state index is 12.3. The zero-order chi connectivity index (χ0) is 13.7. The normalized spacial score (nSPS) is 23.9. The molecular formula is C11H24N4O3S. The minimum atomic E-state index is -3.32. The van der Waals surface area contributed by atoms with Crippen molar-refractivity contribution in [1.82, 2.24) is 18.8 Å². The number of rotatable bonds is 5. The molecule has 0 radical (unpaired) electrons. The van der Waals surface area contributed by atoms with Gasteiger partial charge in [0, 0.05) is 59.4 Å². The molecule has 112 valence electrons. The van der Waals surface area contributed by atoms with Gasteiger partial charge in [-0.1, -0.05) is 0 Å². The third-order valence-electron chi connectivity index (χ3n) is 3.63. The van der Waals surface area contributed by atoms with Crippen LogP contribution in [-0.2, 0) is 14.9 Å². The summed E-state index contributed by atoms with van der Waals surface area (Å²) < 4.78 is 32.8. The maximum Gasteiger partial charge on any atom is 0.281 e. The summed E-state index contributed by atoms with van der Waals surface area (Å²) in [5, 5.41) is 3.29. The van der Waals surface area contributed by atoms with E-state index in [9.17, 15) is 8.42 Å². The van der Waals surface area contributed by atoms with E-state index >= 15 is 0 Å². The molecule has 0 amide bonds. The Morgan fingerprint density at radius 2 is 1.79 bits per heavy atom. The molecule has 2 rings (SSSR count). The Bertz CT molecular complexity index is 364. The van der Waals surface area contributed by atoms with Gasteiger partial charge in [-0.2, -0.15) is 17.0 Å². The van der Waals surface area contributed by atoms with Crippen molar-refractivity contribution in [3.05, 3.63) is 0 Å². The predicted molar refractivity (Wildman–Crippen MR) is 73.3 cm³/mol. The highest BCUT2D eigenvalue weighted by molar-refractivity contribution is 7.86. The van der Waals surface area contributed by atoms with Crippen molar-refractivity contribution in [1.29, 1.82) is 0 Å². The first kappa shape index (κ1) is 15.1. The lowest BCUT2D eigenvalue weighted by Gasteiger charge is -2.32. The first-order chi connectivity index (χ1) is 9.10. The SMILES string of the molecule is CN(CCN1CCNCC1)S(=O)(=O)N1CCOCC1. The highest BCUT2D eigenvalue weighted by Crippen LogP contribution is 2.09. The van der Waals surface area contributed by atoms with Crippen LogP contribution in [-0.4, -0.2) is 94.5 Å². The van der Waals surface area contributed by atoms with Gasteiger partial charge in [0.05, 0.1) is 13.2 Å². The van der Waals surface area contributed by atoms with Gasteiger partial charge < -0.3 is 10.1 Å². The summed E-state index contributed by atoms with van der Waals surface area (Å²) in [6, 6.07) is 0. The van der Waals surface area contributed by atoms with Crippen molar-refractivity contribution in [2.24, 2.45) is 0 Å². The average molecular weight is 292 g/mol. The van der Waals surface area contributed by atoms with E-state index in [1.54, 1.807) is 7.05 Å². The van der Waals surface area contributed by atoms with Gasteiger partial charge in [0.1, 0.15) is 0 Å². The highest BCUT2D eigenvalue weighted by Gasteiger charge is 2.28. The number of ether oxygens (including phenoxy) is 1. The summed E-state index contributed by atoms with van der Waals surface area (Å²) in [6.07, 6.45) is 0. The van der Waals surface area contributed by atoms with E-state index in [-0.39, 0.29) is 0 Å². The second kappa shape index (κ2) is 6.96. The molecule has 19 heavy (non-hydrogen) atoms. The molecule has 7 nitrogen and oxygen atoms in total. The first-order valence-electron chi connectivity index (χ1n) is 6.83. The van der Waals surface area contributed by atoms with Gasteiger partial charge in [0.15, 0.2) is 0 Å². The minimum absolute atomic E-state index is 0.459. The number of piperazine rings is 1. The second-order valence-corrected chi connectivity index (χ2v) is 6.97. The molecule has 0 bridgehead atoms. The van der Waals surface area contributed by atoms with Crippen molar-refractivity contribution in [3.63, 3.8) is 0 Å². The fourth-order valence-corrected chi connectivity index (χ4v) is 3.62. The van der Waals surface area contributed by atoms with Gasteiger partial charge in [0.2, 0.25) is 0 Å². The van der Waals surface area contributed by atoms with Crippen LogP contribution in [0.25, 0.3) is 0 Å². The monoisotopic (exact) mass is 292 g/mol. The Hall–Kier alpha value is -0.250. The van der Waals surface area contributed by atoms with E-state index in [1.807, 2.05) is 0 Å². The van der Waals surface area contributed by atoms with Crippen LogP contribution in [0.5, 0.6) is 0 Å². The van der Waals surface area contributed by atoms with Crippen LogP contribution in [0.1, 0.15) is 0 Å². The van der Waals surface area contributed by atoms with Crippen LogP contribution in [0, 0.1) is 0 Å². The summed E-state index contributed by atoms with van der Waals surface area (Å²) >= 11 is 0. The Labute approximate surface area is 115 Å². The van der Waals surface area contributed by atoms with Crippen LogP contribution >= 0.6 is 0 Å². The Morgan fingerprint density at radius 3 is 2.42 bits per heavy atom. The van der Waals surface area contributed by atoms with Crippen molar-refractivity contribution >= 4 is 10.2 Å². The van der Waals surface area contributed by atoms with E-state index in [4.69, 9.17) is 4.74 Å². The molecule has 0 aliphatic carbocycles. The topological polar surface area (TPSA) is 65.1 Å². The molecule has 2 aliphatic heterocycles. The smallest absolute Gasteiger partial charge is 0.281 e. The highest BCUT2D eigenvalue weighted by atomic mass is 32.2. The molecule has 2 saturated heterocycles. The Kier molecular flexibility index (Phi) is 5.55. The van der Waals surface area contributed by atoms with Crippen molar-refractivity contribution in [2.45, 2.75) is 0 Å². The molecular weight excluding hydrogens is 268 g/mol. The van der Waals surface area contributed by atoms with Crippen LogP contribution in [0.4, 0.5) is 0 Å². The zero-order valence-electron chi connectivity index (χ0n) is 11.5. The quantitative estimate of drug-likeness (QED) is 0.661. The molecule has 0 saturated carbocycles. The number of nitrogens with one attached hydrogen (secondary N) is 1. The number of hydrogen-bond donors (Lipinski definition) is 1. The summed E-state index contributed by atoms with van der Waals surface area (Å²) in [4.78, 5) is 2.29. The zero-order valence-corrected chi connectivity index (χ0v) is 12.4. The van der Waals surface area contributed by atoms with Crippen LogP contribution in [0.3, 0.4) is 0 Å². The van der Waals surface area contributed by atoms with Crippen LogP contribution in [0.15, 0.2) is 0 Å². The van der Waals surface area contributed by atoms with E-state index < -0.39 is 10.2 Å². The van der Waals surface area contributed by atoms with Crippen LogP contribution < -0.4 is 5.32 Å². The summed E-state index contributed by atoms with van der Waals surface area (Å²) in [7, 11) is -1.66. The molecule has 2 fully saturated rings. The third kappa shape index (κ3) is 4.11. The second-order valence-electron chi connectivity index (χ2n) is 4.93. The van der Waals surface area contributed by atoms with Crippen molar-refractivity contribution in [2.75, 3.05) is 72.6 Å². The Balaban J connectivity index is 1.81. The molecule has 8 heteroatoms. The van der Waals surface area contributed by atoms with Gasteiger partial charge in [-0.3, -0.25) is 4.90 Å². The lowest BCUT2D eigenvalue weighted by molar-refractivity contribution is 0.0704. The molecule has 0 aromatic heterocycles. The van der Waals surface area contributed by atoms with Gasteiger partial charge in [-0.05, 0) is 0 Å². The number of nitrogens with zero attached hydrogens (tertiary/aromatic N) is 3. The van der Waals surface area contributed by atoms with Crippen LogP contribution in [0.2, 0.25) is 0 Å². The van der Waals surface area contributed by atoms with E-state index in [0.717, 1.165) is 32.7 Å². The summed E-state index contributed by atoms with van der Waals surface area (Å²) in [6.45, 7) is 7.19. The number of morpholine rings is 1. The number of hydrogen-bond acceptors (Lipinski definition) is 5. The maximum atomic E-state index is 12.3. The van der Waals surface area contributed by atoms with Crippen molar-refractivity contribution in [3.8, 4) is 0 Å². The molecule has 0 unspecified atom stereocenters. The molecule has 0 atom stereocenters. The fraction of sp³-hybridized carbons (Fsp3) is 1.00. The molecule has 0 aromatic rings. The standard InChI is InChI=1S/C11H24N4O3S/c1-13(6-7-14-4-2-12-3-5-14)19(16,17)15-8-10-18-11-9-15/h12H,2-11H2,1H3. The lowest BCUT2D eigenvalue weighted by Crippen LogP contribution is -2.50. The molecule has 1 N–H and O–H groups in total. The van der Waals surface area contributed by atoms with Gasteiger partial charge in [-0.15, -0.1) is 0 Å². The lowest BCUT2D eigenvalue weighted by atomic mass is 10.3. The third-order valence-corrected chi connectivity index (χ3v) is 5.62. The van der Waals surface area contributed by atoms with Gasteiger partial charge in [0.25, 0.3) is 10.2 Å². The largest absolute Gasteiger partial charge is 0.379 e. The van der Waals surface area contributed by atoms with Crippen molar-refractivity contribution < 1.29 is 13.2 Å². The van der Waals surface area contributed by atoms with E-state index in [0.29, 0.717) is 32.8 Å². The Morgan fingerprint density at radius 1 is 1.16 bits per heavy atom.